The van der Waals surface area contributed by atoms with Gasteiger partial charge in [0.15, 0.2) is 0 Å². The van der Waals surface area contributed by atoms with Gasteiger partial charge in [-0.05, 0) is 47.9 Å². The zero-order valence-corrected chi connectivity index (χ0v) is 19.1. The summed E-state index contributed by atoms with van der Waals surface area (Å²) >= 11 is 0. The van der Waals surface area contributed by atoms with Crippen molar-refractivity contribution in [2.75, 3.05) is 19.0 Å². The van der Waals surface area contributed by atoms with Crippen LogP contribution in [0.2, 0.25) is 0 Å². The molecule has 2 N–H and O–H groups in total. The van der Waals surface area contributed by atoms with E-state index in [0.717, 1.165) is 22.5 Å². The summed E-state index contributed by atoms with van der Waals surface area (Å²) in [6.45, 7) is 1.97. The molecule has 3 aromatic carbocycles. The summed E-state index contributed by atoms with van der Waals surface area (Å²) in [5.74, 6) is -0.873. The van der Waals surface area contributed by atoms with Gasteiger partial charge >= 0.3 is 0 Å². The van der Waals surface area contributed by atoms with Crippen molar-refractivity contribution in [1.29, 1.82) is 0 Å². The van der Waals surface area contributed by atoms with Crippen LogP contribution in [0.1, 0.15) is 34.8 Å². The van der Waals surface area contributed by atoms with Crippen LogP contribution >= 0.6 is 0 Å². The molecule has 0 fully saturated rings. The van der Waals surface area contributed by atoms with Crippen molar-refractivity contribution in [2.24, 2.45) is 5.10 Å². The highest BCUT2D eigenvalue weighted by atomic mass is 16.2. The molecule has 0 heterocycles. The molecule has 3 aromatic rings. The Morgan fingerprint density at radius 2 is 1.42 bits per heavy atom. The fourth-order valence-electron chi connectivity index (χ4n) is 3.13. The summed E-state index contributed by atoms with van der Waals surface area (Å²) in [6, 6.07) is 26.1. The van der Waals surface area contributed by atoms with E-state index in [2.05, 4.69) is 15.8 Å². The first-order valence-corrected chi connectivity index (χ1v) is 10.8. The lowest BCUT2D eigenvalue weighted by atomic mass is 10.1. The third-order valence-electron chi connectivity index (χ3n) is 4.98. The first kappa shape index (κ1) is 23.5. The molecule has 0 aliphatic carbocycles. The maximum Gasteiger partial charge on any atom is 0.287 e. The van der Waals surface area contributed by atoms with Gasteiger partial charge in [-0.1, -0.05) is 67.6 Å². The Morgan fingerprint density at radius 1 is 0.848 bits per heavy atom. The van der Waals surface area contributed by atoms with Gasteiger partial charge < -0.3 is 10.2 Å². The number of benzene rings is 3. The molecule has 0 unspecified atom stereocenters. The van der Waals surface area contributed by atoms with E-state index in [1.807, 2.05) is 86.6 Å². The molecule has 33 heavy (non-hydrogen) atoms. The molecular weight excluding hydrogens is 412 g/mol. The van der Waals surface area contributed by atoms with Crippen LogP contribution in [0.25, 0.3) is 6.08 Å². The van der Waals surface area contributed by atoms with Crippen molar-refractivity contribution < 1.29 is 9.59 Å². The summed E-state index contributed by atoms with van der Waals surface area (Å²) in [5, 5.41) is 7.04. The predicted molar refractivity (Wildman–Crippen MR) is 134 cm³/mol. The van der Waals surface area contributed by atoms with Crippen molar-refractivity contribution in [1.82, 2.24) is 10.7 Å². The maximum absolute atomic E-state index is 13.0. The molecule has 3 rings (SSSR count). The van der Waals surface area contributed by atoms with E-state index in [9.17, 15) is 9.59 Å². The van der Waals surface area contributed by atoms with Crippen LogP contribution in [-0.4, -0.2) is 31.6 Å². The van der Waals surface area contributed by atoms with Gasteiger partial charge in [-0.3, -0.25) is 9.59 Å². The van der Waals surface area contributed by atoms with Crippen LogP contribution in [0.3, 0.4) is 0 Å². The Morgan fingerprint density at radius 3 is 1.97 bits per heavy atom. The number of carbonyl (C=O) groups excluding carboxylic acids is 2. The number of anilines is 1. The molecule has 0 aromatic heterocycles. The van der Waals surface area contributed by atoms with Crippen molar-refractivity contribution in [2.45, 2.75) is 13.3 Å². The van der Waals surface area contributed by atoms with E-state index in [4.69, 9.17) is 0 Å². The lowest BCUT2D eigenvalue weighted by Gasteiger charge is -2.13. The van der Waals surface area contributed by atoms with E-state index < -0.39 is 5.91 Å². The molecule has 168 valence electrons. The number of hydrazone groups is 1. The molecule has 2 amide bonds. The number of nitrogens with zero attached hydrogens (tertiary/aromatic N) is 2. The van der Waals surface area contributed by atoms with Gasteiger partial charge in [-0.15, -0.1) is 0 Å². The maximum atomic E-state index is 13.0. The zero-order valence-electron chi connectivity index (χ0n) is 19.1. The molecule has 0 spiro atoms. The van der Waals surface area contributed by atoms with E-state index in [-0.39, 0.29) is 11.6 Å². The average molecular weight is 441 g/mol. The quantitative estimate of drug-likeness (QED) is 0.309. The standard InChI is InChI=1S/C27H28N4O2/c1-4-24(21-11-7-5-8-12-21)29-30-27(33)25(28-26(32)22-13-9-6-10-14-22)19-20-15-17-23(18-16-20)31(2)3/h5-19H,4H2,1-3H3,(H,28,32)(H,30,33)/b25-19-,29-24+. The van der Waals surface area contributed by atoms with Crippen molar-refractivity contribution in [3.05, 3.63) is 107 Å². The van der Waals surface area contributed by atoms with Crippen molar-refractivity contribution >= 4 is 29.3 Å². The average Bonchev–Trinajstić information content (AvgIpc) is 2.85. The summed E-state index contributed by atoms with van der Waals surface area (Å²) in [6.07, 6.45) is 2.28. The molecule has 0 saturated carbocycles. The van der Waals surface area contributed by atoms with E-state index in [0.29, 0.717) is 12.0 Å². The van der Waals surface area contributed by atoms with Crippen LogP contribution < -0.4 is 15.6 Å². The van der Waals surface area contributed by atoms with Gasteiger partial charge in [-0.2, -0.15) is 5.10 Å². The summed E-state index contributed by atoms with van der Waals surface area (Å²) in [5.41, 5.74) is 6.65. The largest absolute Gasteiger partial charge is 0.378 e. The Hall–Kier alpha value is -4.19. The fourth-order valence-corrected chi connectivity index (χ4v) is 3.13. The van der Waals surface area contributed by atoms with Gasteiger partial charge in [0.25, 0.3) is 11.8 Å². The number of amides is 2. The summed E-state index contributed by atoms with van der Waals surface area (Å²) in [7, 11) is 3.92. The highest BCUT2D eigenvalue weighted by Crippen LogP contribution is 2.15. The minimum absolute atomic E-state index is 0.105. The molecule has 6 nitrogen and oxygen atoms in total. The topological polar surface area (TPSA) is 73.8 Å². The van der Waals surface area contributed by atoms with E-state index in [1.165, 1.54) is 0 Å². The SMILES string of the molecule is CC/C(=N\NC(=O)/C(=C/c1ccc(N(C)C)cc1)NC(=O)c1ccccc1)c1ccccc1. The van der Waals surface area contributed by atoms with Crippen LogP contribution in [0.4, 0.5) is 5.69 Å². The monoisotopic (exact) mass is 440 g/mol. The van der Waals surface area contributed by atoms with Gasteiger partial charge in [-0.25, -0.2) is 5.43 Å². The van der Waals surface area contributed by atoms with Crippen molar-refractivity contribution in [3.63, 3.8) is 0 Å². The van der Waals surface area contributed by atoms with Crippen LogP contribution in [0, 0.1) is 0 Å². The molecule has 0 radical (unpaired) electrons. The van der Waals surface area contributed by atoms with Crippen LogP contribution in [-0.2, 0) is 4.79 Å². The predicted octanol–water partition coefficient (Wildman–Crippen LogP) is 4.45. The molecule has 0 aliphatic rings. The minimum Gasteiger partial charge on any atom is -0.378 e. The van der Waals surface area contributed by atoms with Gasteiger partial charge in [0.1, 0.15) is 5.70 Å². The summed E-state index contributed by atoms with van der Waals surface area (Å²) in [4.78, 5) is 27.8. The minimum atomic E-state index is -0.502. The molecule has 0 saturated heterocycles. The second kappa shape index (κ2) is 11.4. The highest BCUT2D eigenvalue weighted by Gasteiger charge is 2.15. The fraction of sp³-hybridized carbons (Fsp3) is 0.148. The van der Waals surface area contributed by atoms with E-state index >= 15 is 0 Å². The Labute approximate surface area is 194 Å². The number of rotatable bonds is 8. The zero-order chi connectivity index (χ0) is 23.6. The third-order valence-corrected chi connectivity index (χ3v) is 4.98. The number of hydrogen-bond donors (Lipinski definition) is 2. The van der Waals surface area contributed by atoms with Crippen molar-refractivity contribution in [3.8, 4) is 0 Å². The number of hydrogen-bond acceptors (Lipinski definition) is 4. The first-order valence-electron chi connectivity index (χ1n) is 10.8. The Balaban J connectivity index is 1.87. The lowest BCUT2D eigenvalue weighted by molar-refractivity contribution is -0.117. The molecule has 0 aliphatic heterocycles. The normalized spacial score (nSPS) is 11.6. The number of carbonyl (C=O) groups is 2. The number of nitrogens with one attached hydrogen (secondary N) is 2. The lowest BCUT2D eigenvalue weighted by Crippen LogP contribution is -2.33. The molecule has 0 atom stereocenters. The Bertz CT molecular complexity index is 1140. The highest BCUT2D eigenvalue weighted by molar-refractivity contribution is 6.06. The third kappa shape index (κ3) is 6.64. The van der Waals surface area contributed by atoms with Gasteiger partial charge in [0, 0.05) is 25.3 Å². The molecule has 0 bridgehead atoms. The van der Waals surface area contributed by atoms with Crippen LogP contribution in [0.15, 0.2) is 95.7 Å². The van der Waals surface area contributed by atoms with Gasteiger partial charge in [0.05, 0.1) is 5.71 Å². The second-order valence-electron chi connectivity index (χ2n) is 7.58. The van der Waals surface area contributed by atoms with Crippen LogP contribution in [0.5, 0.6) is 0 Å². The molecular formula is C27H28N4O2. The first-order chi connectivity index (χ1) is 16.0. The Kier molecular flexibility index (Phi) is 8.13. The second-order valence-corrected chi connectivity index (χ2v) is 7.58. The smallest absolute Gasteiger partial charge is 0.287 e. The molecule has 6 heteroatoms. The van der Waals surface area contributed by atoms with E-state index in [1.54, 1.807) is 30.3 Å². The van der Waals surface area contributed by atoms with Gasteiger partial charge in [0.2, 0.25) is 0 Å². The summed E-state index contributed by atoms with van der Waals surface area (Å²) < 4.78 is 0.